The summed E-state index contributed by atoms with van der Waals surface area (Å²) in [5.74, 6) is -1.07. The molecule has 2 aliphatic rings. The number of nitrogens with one attached hydrogen (secondary N) is 1. The van der Waals surface area contributed by atoms with E-state index in [1.54, 1.807) is 17.0 Å². The van der Waals surface area contributed by atoms with Crippen molar-refractivity contribution in [1.82, 2.24) is 10.2 Å². The van der Waals surface area contributed by atoms with Crippen LogP contribution in [0, 0.1) is 11.7 Å². The molecule has 2 aromatic rings. The summed E-state index contributed by atoms with van der Waals surface area (Å²) >= 11 is 0. The number of aliphatic hydroxyl groups is 2. The Labute approximate surface area is 227 Å². The second kappa shape index (κ2) is 12.4. The molecule has 0 bridgehead atoms. The van der Waals surface area contributed by atoms with Gasteiger partial charge < -0.3 is 36.0 Å². The predicted molar refractivity (Wildman–Crippen MR) is 143 cm³/mol. The molecule has 1 aliphatic heterocycles. The first kappa shape index (κ1) is 28.9. The number of ether oxygens (including phenoxy) is 1. The standard InChI is InChI=1S/C29H38FN3O6/c1-2-18-6-3-7-19(14-18)26-21(8-4-9-22(26)30)29(38,10-5-11-32-28(36)37)25-17-33(12-13-39-25)27(35)20-15-23(31)24(34)16-20/h3-4,6-9,14,20,23-25,32,34,38H,2,5,10-13,15-17,31H2,1H3,(H,36,37). The summed E-state index contributed by atoms with van der Waals surface area (Å²) in [4.78, 5) is 26.0. The summed E-state index contributed by atoms with van der Waals surface area (Å²) in [6.07, 6.45) is -1.06. The van der Waals surface area contributed by atoms with Gasteiger partial charge in [0, 0.05) is 30.6 Å². The van der Waals surface area contributed by atoms with Gasteiger partial charge in [0.05, 0.1) is 19.3 Å². The van der Waals surface area contributed by atoms with E-state index in [0.717, 1.165) is 12.0 Å². The van der Waals surface area contributed by atoms with Crippen LogP contribution < -0.4 is 11.1 Å². The van der Waals surface area contributed by atoms with Crippen LogP contribution in [0.5, 0.6) is 0 Å². The van der Waals surface area contributed by atoms with Gasteiger partial charge in [-0.05, 0) is 54.9 Å². The fourth-order valence-corrected chi connectivity index (χ4v) is 5.79. The molecule has 9 nitrogen and oxygen atoms in total. The fraction of sp³-hybridized carbons (Fsp3) is 0.517. The summed E-state index contributed by atoms with van der Waals surface area (Å²) in [7, 11) is 0. The zero-order chi connectivity index (χ0) is 28.2. The van der Waals surface area contributed by atoms with Crippen LogP contribution in [-0.2, 0) is 21.6 Å². The zero-order valence-electron chi connectivity index (χ0n) is 22.2. The average molecular weight is 544 g/mol. The highest BCUT2D eigenvalue weighted by Gasteiger charge is 2.46. The average Bonchev–Trinajstić information content (AvgIpc) is 3.28. The lowest BCUT2D eigenvalue weighted by atomic mass is 9.78. The van der Waals surface area contributed by atoms with Crippen molar-refractivity contribution in [1.29, 1.82) is 0 Å². The van der Waals surface area contributed by atoms with Gasteiger partial charge >= 0.3 is 6.09 Å². The summed E-state index contributed by atoms with van der Waals surface area (Å²) in [5.41, 5.74) is 6.40. The maximum absolute atomic E-state index is 15.5. The molecule has 1 aliphatic carbocycles. The molecule has 5 unspecified atom stereocenters. The first-order chi connectivity index (χ1) is 18.6. The molecule has 2 aromatic carbocycles. The summed E-state index contributed by atoms with van der Waals surface area (Å²) in [5, 5.41) is 33.7. The second-order valence-corrected chi connectivity index (χ2v) is 10.5. The highest BCUT2D eigenvalue weighted by Crippen LogP contribution is 2.41. The number of benzene rings is 2. The van der Waals surface area contributed by atoms with Gasteiger partial charge in [0.25, 0.3) is 0 Å². The Hall–Kier alpha value is -3.05. The molecule has 5 atom stereocenters. The summed E-state index contributed by atoms with van der Waals surface area (Å²) in [6, 6.07) is 11.6. The number of amides is 2. The lowest BCUT2D eigenvalue weighted by Gasteiger charge is -2.43. The normalized spacial score (nSPS) is 24.8. The smallest absolute Gasteiger partial charge is 0.404 e. The van der Waals surface area contributed by atoms with Crippen LogP contribution >= 0.6 is 0 Å². The molecule has 0 spiro atoms. The number of nitrogens with two attached hydrogens (primary N) is 1. The SMILES string of the molecule is CCc1cccc(-c2c(F)cccc2C(O)(CCCNC(=O)O)C2CN(C(=O)C3CC(N)C(O)C3)CCO2)c1. The van der Waals surface area contributed by atoms with Gasteiger partial charge in [0.2, 0.25) is 5.91 Å². The van der Waals surface area contributed by atoms with Gasteiger partial charge in [-0.1, -0.05) is 43.3 Å². The van der Waals surface area contributed by atoms with Gasteiger partial charge in [0.15, 0.2) is 0 Å². The number of nitrogens with zero attached hydrogens (tertiary/aromatic N) is 1. The lowest BCUT2D eigenvalue weighted by Crippen LogP contribution is -2.55. The fourth-order valence-electron chi connectivity index (χ4n) is 5.79. The third-order valence-electron chi connectivity index (χ3n) is 7.95. The molecule has 1 heterocycles. The molecule has 39 heavy (non-hydrogen) atoms. The van der Waals surface area contributed by atoms with E-state index >= 15 is 4.39 Å². The number of carbonyl (C=O) groups excluding carboxylic acids is 1. The van der Waals surface area contributed by atoms with Crippen molar-refractivity contribution in [3.63, 3.8) is 0 Å². The minimum absolute atomic E-state index is 0.0640. The number of carbonyl (C=O) groups is 2. The molecule has 212 valence electrons. The number of rotatable bonds is 9. The van der Waals surface area contributed by atoms with Gasteiger partial charge in [-0.25, -0.2) is 9.18 Å². The van der Waals surface area contributed by atoms with E-state index in [2.05, 4.69) is 5.32 Å². The molecule has 10 heteroatoms. The van der Waals surface area contributed by atoms with Crippen molar-refractivity contribution >= 4 is 12.0 Å². The lowest BCUT2D eigenvalue weighted by molar-refractivity contribution is -0.167. The molecule has 2 fully saturated rings. The molecule has 6 N–H and O–H groups in total. The molecular formula is C29H38FN3O6. The summed E-state index contributed by atoms with van der Waals surface area (Å²) < 4.78 is 21.6. The highest BCUT2D eigenvalue weighted by molar-refractivity contribution is 5.79. The van der Waals surface area contributed by atoms with Crippen LogP contribution in [0.1, 0.15) is 43.7 Å². The minimum atomic E-state index is -1.73. The first-order valence-corrected chi connectivity index (χ1v) is 13.6. The van der Waals surface area contributed by atoms with Crippen LogP contribution in [0.3, 0.4) is 0 Å². The predicted octanol–water partition coefficient (Wildman–Crippen LogP) is 2.62. The Kier molecular flexibility index (Phi) is 9.22. The number of morpholine rings is 1. The molecular weight excluding hydrogens is 505 g/mol. The Balaban J connectivity index is 1.69. The quantitative estimate of drug-likeness (QED) is 0.306. The monoisotopic (exact) mass is 543 g/mol. The third kappa shape index (κ3) is 6.41. The Morgan fingerprint density at radius 1 is 1.23 bits per heavy atom. The van der Waals surface area contributed by atoms with E-state index in [1.807, 2.05) is 25.1 Å². The van der Waals surface area contributed by atoms with E-state index in [9.17, 15) is 19.8 Å². The van der Waals surface area contributed by atoms with Crippen molar-refractivity contribution in [2.24, 2.45) is 11.7 Å². The van der Waals surface area contributed by atoms with Crippen molar-refractivity contribution < 1.29 is 34.0 Å². The number of hydrogen-bond donors (Lipinski definition) is 5. The van der Waals surface area contributed by atoms with Crippen molar-refractivity contribution in [3.05, 3.63) is 59.4 Å². The van der Waals surface area contributed by atoms with Gasteiger partial charge in [-0.2, -0.15) is 0 Å². The Morgan fingerprint density at radius 2 is 2.00 bits per heavy atom. The van der Waals surface area contributed by atoms with Gasteiger partial charge in [0.1, 0.15) is 17.5 Å². The zero-order valence-corrected chi connectivity index (χ0v) is 22.2. The van der Waals surface area contributed by atoms with Crippen molar-refractivity contribution in [3.8, 4) is 11.1 Å². The number of halogens is 1. The van der Waals surface area contributed by atoms with Crippen molar-refractivity contribution in [2.45, 2.75) is 62.9 Å². The Morgan fingerprint density at radius 3 is 2.69 bits per heavy atom. The van der Waals surface area contributed by atoms with Crippen LogP contribution in [-0.4, -0.2) is 76.7 Å². The van der Waals surface area contributed by atoms with Gasteiger partial charge in [-0.3, -0.25) is 4.79 Å². The van der Waals surface area contributed by atoms with Crippen molar-refractivity contribution in [2.75, 3.05) is 26.2 Å². The summed E-state index contributed by atoms with van der Waals surface area (Å²) in [6.45, 7) is 2.64. The second-order valence-electron chi connectivity index (χ2n) is 10.5. The van der Waals surface area contributed by atoms with E-state index in [-0.39, 0.29) is 50.4 Å². The van der Waals surface area contributed by atoms with E-state index in [4.69, 9.17) is 15.6 Å². The van der Waals surface area contributed by atoms with Crippen LogP contribution in [0.25, 0.3) is 11.1 Å². The minimum Gasteiger partial charge on any atom is -0.465 e. The van der Waals surface area contributed by atoms with Crippen LogP contribution in [0.4, 0.5) is 9.18 Å². The highest BCUT2D eigenvalue weighted by atomic mass is 19.1. The largest absolute Gasteiger partial charge is 0.465 e. The molecule has 1 saturated heterocycles. The molecule has 2 amide bonds. The number of carboxylic acid groups (broad SMARTS) is 1. The number of aliphatic hydroxyl groups excluding tert-OH is 1. The first-order valence-electron chi connectivity index (χ1n) is 13.6. The Bertz CT molecular complexity index is 1170. The van der Waals surface area contributed by atoms with E-state index in [1.165, 1.54) is 12.1 Å². The van der Waals surface area contributed by atoms with E-state index in [0.29, 0.717) is 24.1 Å². The molecule has 0 aromatic heterocycles. The number of hydrogen-bond acceptors (Lipinski definition) is 6. The van der Waals surface area contributed by atoms with Crippen LogP contribution in [0.15, 0.2) is 42.5 Å². The van der Waals surface area contributed by atoms with E-state index < -0.39 is 41.7 Å². The third-order valence-corrected chi connectivity index (χ3v) is 7.95. The van der Waals surface area contributed by atoms with Crippen LogP contribution in [0.2, 0.25) is 0 Å². The maximum Gasteiger partial charge on any atom is 0.404 e. The topological polar surface area (TPSA) is 145 Å². The molecule has 4 rings (SSSR count). The van der Waals surface area contributed by atoms with Gasteiger partial charge in [-0.15, -0.1) is 0 Å². The maximum atomic E-state index is 15.5. The molecule has 1 saturated carbocycles. The molecule has 0 radical (unpaired) electrons. The number of aryl methyl sites for hydroxylation is 1.